The molecule has 1 aromatic carbocycles. The average molecular weight is 253 g/mol. The van der Waals surface area contributed by atoms with Crippen LogP contribution < -0.4 is 16.4 Å². The Morgan fingerprint density at radius 2 is 2.29 bits per heavy atom. The standard InChI is InChI=1S/C11H15N3O2S/c1-16-6-5-13-11(17)14-9-4-2-3-8(7-9)10(12)15/h2-4,7H,5-6H2,1H3,(H2,12,15)(H2,13,14,17). The highest BCUT2D eigenvalue weighted by atomic mass is 32.1. The van der Waals surface area contributed by atoms with Crippen LogP contribution in [0.2, 0.25) is 0 Å². The van der Waals surface area contributed by atoms with Crippen molar-refractivity contribution in [3.05, 3.63) is 29.8 Å². The molecule has 1 rings (SSSR count). The van der Waals surface area contributed by atoms with Gasteiger partial charge in [-0.25, -0.2) is 0 Å². The van der Waals surface area contributed by atoms with E-state index >= 15 is 0 Å². The molecule has 0 fully saturated rings. The molecule has 1 amide bonds. The molecular weight excluding hydrogens is 238 g/mol. The van der Waals surface area contributed by atoms with Crippen LogP contribution in [-0.4, -0.2) is 31.3 Å². The van der Waals surface area contributed by atoms with Gasteiger partial charge in [0, 0.05) is 24.9 Å². The molecular formula is C11H15N3O2S. The Hall–Kier alpha value is -1.66. The summed E-state index contributed by atoms with van der Waals surface area (Å²) in [5.74, 6) is -0.466. The van der Waals surface area contributed by atoms with Crippen molar-refractivity contribution in [1.82, 2.24) is 5.32 Å². The average Bonchev–Trinajstić information content (AvgIpc) is 2.29. The van der Waals surface area contributed by atoms with Crippen LogP contribution in [0, 0.1) is 0 Å². The fourth-order valence-corrected chi connectivity index (χ4v) is 1.41. The maximum absolute atomic E-state index is 11.0. The molecule has 0 atom stereocenters. The van der Waals surface area contributed by atoms with Crippen LogP contribution in [0.1, 0.15) is 10.4 Å². The summed E-state index contributed by atoms with van der Waals surface area (Å²) in [6.45, 7) is 1.20. The van der Waals surface area contributed by atoms with E-state index in [0.717, 1.165) is 5.69 Å². The molecule has 0 saturated heterocycles. The predicted molar refractivity (Wildman–Crippen MR) is 71.1 cm³/mol. The number of hydrogen-bond donors (Lipinski definition) is 3. The number of ether oxygens (including phenoxy) is 1. The van der Waals surface area contributed by atoms with Gasteiger partial charge in [-0.1, -0.05) is 6.07 Å². The van der Waals surface area contributed by atoms with Gasteiger partial charge in [0.15, 0.2) is 5.11 Å². The molecule has 1 aromatic rings. The van der Waals surface area contributed by atoms with E-state index in [9.17, 15) is 4.79 Å². The number of methoxy groups -OCH3 is 1. The van der Waals surface area contributed by atoms with Crippen LogP contribution in [0.4, 0.5) is 5.69 Å². The van der Waals surface area contributed by atoms with E-state index in [1.165, 1.54) is 0 Å². The third kappa shape index (κ3) is 4.80. The molecule has 17 heavy (non-hydrogen) atoms. The summed E-state index contributed by atoms with van der Waals surface area (Å²) < 4.78 is 4.88. The number of amides is 1. The fraction of sp³-hybridized carbons (Fsp3) is 0.273. The SMILES string of the molecule is COCCNC(=S)Nc1cccc(C(N)=O)c1. The molecule has 0 radical (unpaired) electrons. The minimum atomic E-state index is -0.466. The molecule has 0 aliphatic carbocycles. The molecule has 0 aromatic heterocycles. The number of hydrogen-bond acceptors (Lipinski definition) is 3. The molecule has 0 unspecified atom stereocenters. The highest BCUT2D eigenvalue weighted by Crippen LogP contribution is 2.09. The summed E-state index contributed by atoms with van der Waals surface area (Å²) >= 11 is 5.06. The lowest BCUT2D eigenvalue weighted by molar-refractivity contribution is 0.100. The number of primary amides is 1. The van der Waals surface area contributed by atoms with Gasteiger partial charge in [0.05, 0.1) is 6.61 Å². The molecule has 0 heterocycles. The Kier molecular flexibility index (Phi) is 5.38. The van der Waals surface area contributed by atoms with E-state index in [2.05, 4.69) is 10.6 Å². The summed E-state index contributed by atoms with van der Waals surface area (Å²) in [5, 5.41) is 6.39. The van der Waals surface area contributed by atoms with E-state index < -0.39 is 5.91 Å². The van der Waals surface area contributed by atoms with Crippen molar-refractivity contribution in [3.8, 4) is 0 Å². The first-order chi connectivity index (χ1) is 8.13. The molecule has 0 aliphatic rings. The van der Waals surface area contributed by atoms with Crippen molar-refractivity contribution in [1.29, 1.82) is 0 Å². The second-order valence-corrected chi connectivity index (χ2v) is 3.73. The molecule has 0 saturated carbocycles. The lowest BCUT2D eigenvalue weighted by Crippen LogP contribution is -2.31. The van der Waals surface area contributed by atoms with Crippen molar-refractivity contribution >= 4 is 28.9 Å². The minimum Gasteiger partial charge on any atom is -0.383 e. The van der Waals surface area contributed by atoms with E-state index in [0.29, 0.717) is 23.8 Å². The number of nitrogens with one attached hydrogen (secondary N) is 2. The van der Waals surface area contributed by atoms with Gasteiger partial charge in [0.1, 0.15) is 0 Å². The number of carbonyl (C=O) groups is 1. The minimum absolute atomic E-state index is 0.440. The largest absolute Gasteiger partial charge is 0.383 e. The fourth-order valence-electron chi connectivity index (χ4n) is 1.19. The summed E-state index contributed by atoms with van der Waals surface area (Å²) in [5.41, 5.74) is 6.34. The second kappa shape index (κ2) is 6.82. The van der Waals surface area contributed by atoms with E-state index in [4.69, 9.17) is 22.7 Å². The molecule has 0 spiro atoms. The predicted octanol–water partition coefficient (Wildman–Crippen LogP) is 0.718. The van der Waals surface area contributed by atoms with Crippen LogP contribution in [0.5, 0.6) is 0 Å². The molecule has 92 valence electrons. The Labute approximate surface area is 105 Å². The van der Waals surface area contributed by atoms with Gasteiger partial charge < -0.3 is 21.1 Å². The van der Waals surface area contributed by atoms with Gasteiger partial charge in [0.25, 0.3) is 0 Å². The van der Waals surface area contributed by atoms with E-state index in [1.54, 1.807) is 31.4 Å². The normalized spacial score (nSPS) is 9.71. The molecule has 5 nitrogen and oxygen atoms in total. The summed E-state index contributed by atoms with van der Waals surface area (Å²) in [6.07, 6.45) is 0. The van der Waals surface area contributed by atoms with Gasteiger partial charge in [-0.2, -0.15) is 0 Å². The van der Waals surface area contributed by atoms with Crippen LogP contribution in [0.15, 0.2) is 24.3 Å². The van der Waals surface area contributed by atoms with Gasteiger partial charge in [-0.3, -0.25) is 4.79 Å². The summed E-state index contributed by atoms with van der Waals surface area (Å²) in [7, 11) is 1.62. The smallest absolute Gasteiger partial charge is 0.248 e. The first-order valence-corrected chi connectivity index (χ1v) is 5.48. The monoisotopic (exact) mass is 253 g/mol. The number of anilines is 1. The van der Waals surface area contributed by atoms with Crippen LogP contribution in [0.3, 0.4) is 0 Å². The Morgan fingerprint density at radius 1 is 1.53 bits per heavy atom. The van der Waals surface area contributed by atoms with Gasteiger partial charge in [-0.15, -0.1) is 0 Å². The van der Waals surface area contributed by atoms with Crippen LogP contribution in [-0.2, 0) is 4.74 Å². The number of nitrogens with two attached hydrogens (primary N) is 1. The van der Waals surface area contributed by atoms with Gasteiger partial charge in [-0.05, 0) is 30.4 Å². The quantitative estimate of drug-likeness (QED) is 0.532. The highest BCUT2D eigenvalue weighted by molar-refractivity contribution is 7.80. The lowest BCUT2D eigenvalue weighted by atomic mass is 10.2. The Bertz CT molecular complexity index is 409. The zero-order chi connectivity index (χ0) is 12.7. The maximum Gasteiger partial charge on any atom is 0.248 e. The van der Waals surface area contributed by atoms with Crippen molar-refractivity contribution < 1.29 is 9.53 Å². The third-order valence-corrected chi connectivity index (χ3v) is 2.24. The van der Waals surface area contributed by atoms with Crippen molar-refractivity contribution in [2.75, 3.05) is 25.6 Å². The van der Waals surface area contributed by atoms with Crippen molar-refractivity contribution in [3.63, 3.8) is 0 Å². The van der Waals surface area contributed by atoms with Crippen molar-refractivity contribution in [2.24, 2.45) is 5.73 Å². The summed E-state index contributed by atoms with van der Waals surface area (Å²) in [6, 6.07) is 6.83. The highest BCUT2D eigenvalue weighted by Gasteiger charge is 2.02. The first kappa shape index (κ1) is 13.4. The molecule has 6 heteroatoms. The number of carbonyl (C=O) groups excluding carboxylic acids is 1. The third-order valence-electron chi connectivity index (χ3n) is 2.00. The topological polar surface area (TPSA) is 76.4 Å². The molecule has 0 bridgehead atoms. The van der Waals surface area contributed by atoms with Crippen molar-refractivity contribution in [2.45, 2.75) is 0 Å². The lowest BCUT2D eigenvalue weighted by Gasteiger charge is -2.10. The zero-order valence-corrected chi connectivity index (χ0v) is 10.3. The van der Waals surface area contributed by atoms with Gasteiger partial charge in [0.2, 0.25) is 5.91 Å². The van der Waals surface area contributed by atoms with Crippen LogP contribution >= 0.6 is 12.2 Å². The van der Waals surface area contributed by atoms with Gasteiger partial charge >= 0.3 is 0 Å². The summed E-state index contributed by atoms with van der Waals surface area (Å²) in [4.78, 5) is 11.0. The first-order valence-electron chi connectivity index (χ1n) is 5.07. The number of thiocarbonyl (C=S) groups is 1. The van der Waals surface area contributed by atoms with Crippen LogP contribution in [0.25, 0.3) is 0 Å². The van der Waals surface area contributed by atoms with E-state index in [1.807, 2.05) is 0 Å². The Morgan fingerprint density at radius 3 is 2.94 bits per heavy atom. The zero-order valence-electron chi connectivity index (χ0n) is 9.53. The number of rotatable bonds is 5. The Balaban J connectivity index is 2.53. The second-order valence-electron chi connectivity index (χ2n) is 3.32. The van der Waals surface area contributed by atoms with E-state index in [-0.39, 0.29) is 0 Å². The number of benzene rings is 1. The molecule has 0 aliphatic heterocycles. The maximum atomic E-state index is 11.0. The molecule has 4 N–H and O–H groups in total.